The van der Waals surface area contributed by atoms with Crippen molar-refractivity contribution in [2.75, 3.05) is 13.1 Å². The predicted molar refractivity (Wildman–Crippen MR) is 69.6 cm³/mol. The number of nitrogens with zero attached hydrogens (tertiary/aromatic N) is 1. The second-order valence-electron chi connectivity index (χ2n) is 5.41. The molecule has 0 bridgehead atoms. The smallest absolute Gasteiger partial charge is 0.123 e. The van der Waals surface area contributed by atoms with E-state index in [2.05, 4.69) is 10.2 Å². The largest absolute Gasteiger partial charge is 0.508 e. The highest BCUT2D eigenvalue weighted by Gasteiger charge is 2.34. The Bertz CT molecular complexity index is 432. The van der Waals surface area contributed by atoms with E-state index in [0.29, 0.717) is 12.6 Å². The third-order valence-electron chi connectivity index (χ3n) is 3.93. The summed E-state index contributed by atoms with van der Waals surface area (Å²) < 4.78 is 0. The molecule has 98 valence electrons. The SMILES string of the molecule is Oc1ccc(CNC2CCN(C3CC3)C2)c(O)c1. The molecule has 1 unspecified atom stereocenters. The molecule has 4 nitrogen and oxygen atoms in total. The van der Waals surface area contributed by atoms with E-state index in [1.165, 1.54) is 31.9 Å². The van der Waals surface area contributed by atoms with Crippen LogP contribution in [0.5, 0.6) is 11.5 Å². The van der Waals surface area contributed by atoms with Crippen molar-refractivity contribution in [3.63, 3.8) is 0 Å². The molecule has 0 radical (unpaired) electrons. The summed E-state index contributed by atoms with van der Waals surface area (Å²) in [6, 6.07) is 6.15. The highest BCUT2D eigenvalue weighted by Crippen LogP contribution is 2.30. The first-order valence-electron chi connectivity index (χ1n) is 6.70. The highest BCUT2D eigenvalue weighted by molar-refractivity contribution is 5.38. The van der Waals surface area contributed by atoms with Crippen molar-refractivity contribution >= 4 is 0 Å². The molecule has 3 N–H and O–H groups in total. The topological polar surface area (TPSA) is 55.7 Å². The van der Waals surface area contributed by atoms with Gasteiger partial charge in [0, 0.05) is 43.3 Å². The van der Waals surface area contributed by atoms with E-state index >= 15 is 0 Å². The average molecular weight is 248 g/mol. The lowest BCUT2D eigenvalue weighted by Crippen LogP contribution is -2.32. The molecular formula is C14H20N2O2. The molecule has 1 aliphatic carbocycles. The van der Waals surface area contributed by atoms with Gasteiger partial charge in [0.15, 0.2) is 0 Å². The third-order valence-corrected chi connectivity index (χ3v) is 3.93. The number of nitrogens with one attached hydrogen (secondary N) is 1. The molecular weight excluding hydrogens is 228 g/mol. The van der Waals surface area contributed by atoms with Crippen molar-refractivity contribution < 1.29 is 10.2 Å². The Morgan fingerprint density at radius 1 is 1.22 bits per heavy atom. The van der Waals surface area contributed by atoms with Gasteiger partial charge in [0.25, 0.3) is 0 Å². The number of likely N-dealkylation sites (tertiary alicyclic amines) is 1. The standard InChI is InChI=1S/C14H20N2O2/c17-13-4-1-10(14(18)7-13)8-15-11-5-6-16(9-11)12-2-3-12/h1,4,7,11-12,15,17-18H,2-3,5-6,8-9H2. The van der Waals surface area contributed by atoms with Crippen LogP contribution < -0.4 is 5.32 Å². The molecule has 2 fully saturated rings. The van der Waals surface area contributed by atoms with Crippen molar-refractivity contribution in [2.45, 2.75) is 37.9 Å². The van der Waals surface area contributed by atoms with Crippen LogP contribution in [-0.2, 0) is 6.54 Å². The lowest BCUT2D eigenvalue weighted by atomic mass is 10.1. The number of benzene rings is 1. The van der Waals surface area contributed by atoms with Crippen LogP contribution in [0.2, 0.25) is 0 Å². The van der Waals surface area contributed by atoms with Crippen molar-refractivity contribution in [2.24, 2.45) is 0 Å². The first-order chi connectivity index (χ1) is 8.72. The molecule has 0 spiro atoms. The van der Waals surface area contributed by atoms with Gasteiger partial charge in [0.1, 0.15) is 11.5 Å². The van der Waals surface area contributed by atoms with Gasteiger partial charge in [-0.25, -0.2) is 0 Å². The van der Waals surface area contributed by atoms with E-state index in [4.69, 9.17) is 0 Å². The number of rotatable bonds is 4. The van der Waals surface area contributed by atoms with Gasteiger partial charge in [-0.1, -0.05) is 6.07 Å². The monoisotopic (exact) mass is 248 g/mol. The van der Waals surface area contributed by atoms with Crippen molar-refractivity contribution in [1.29, 1.82) is 0 Å². The Morgan fingerprint density at radius 3 is 2.78 bits per heavy atom. The summed E-state index contributed by atoms with van der Waals surface area (Å²) in [5.41, 5.74) is 0.845. The summed E-state index contributed by atoms with van der Waals surface area (Å²) >= 11 is 0. The van der Waals surface area contributed by atoms with Gasteiger partial charge in [0.05, 0.1) is 0 Å². The number of hydrogen-bond donors (Lipinski definition) is 3. The zero-order chi connectivity index (χ0) is 12.5. The summed E-state index contributed by atoms with van der Waals surface area (Å²) in [6.07, 6.45) is 3.92. The van der Waals surface area contributed by atoms with E-state index < -0.39 is 0 Å². The molecule has 3 rings (SSSR count). The second kappa shape index (κ2) is 4.78. The Morgan fingerprint density at radius 2 is 2.06 bits per heavy atom. The third kappa shape index (κ3) is 2.60. The average Bonchev–Trinajstić information content (AvgIpc) is 3.08. The number of phenols is 2. The van der Waals surface area contributed by atoms with Gasteiger partial charge in [-0.2, -0.15) is 0 Å². The van der Waals surface area contributed by atoms with Crippen LogP contribution in [0.25, 0.3) is 0 Å². The number of phenolic OH excluding ortho intramolecular Hbond substituents is 2. The zero-order valence-electron chi connectivity index (χ0n) is 10.5. The predicted octanol–water partition coefficient (Wildman–Crippen LogP) is 1.42. The van der Waals surface area contributed by atoms with Crippen LogP contribution in [0.3, 0.4) is 0 Å². The molecule has 1 atom stereocenters. The van der Waals surface area contributed by atoms with E-state index in [-0.39, 0.29) is 11.5 Å². The number of hydrogen-bond acceptors (Lipinski definition) is 4. The summed E-state index contributed by atoms with van der Waals surface area (Å²) in [5.74, 6) is 0.275. The minimum atomic E-state index is 0.108. The fourth-order valence-electron chi connectivity index (χ4n) is 2.68. The Balaban J connectivity index is 1.51. The van der Waals surface area contributed by atoms with Crippen LogP contribution in [0.4, 0.5) is 0 Å². The molecule has 2 aliphatic rings. The van der Waals surface area contributed by atoms with Gasteiger partial charge in [-0.05, 0) is 25.3 Å². The quantitative estimate of drug-likeness (QED) is 0.754. The normalized spacial score (nSPS) is 24.6. The maximum atomic E-state index is 9.71. The van der Waals surface area contributed by atoms with Gasteiger partial charge in [-0.15, -0.1) is 0 Å². The van der Waals surface area contributed by atoms with Crippen LogP contribution in [-0.4, -0.2) is 40.3 Å². The zero-order valence-corrected chi connectivity index (χ0v) is 10.5. The van der Waals surface area contributed by atoms with Gasteiger partial charge in [0.2, 0.25) is 0 Å². The van der Waals surface area contributed by atoms with E-state index in [0.717, 1.165) is 18.2 Å². The summed E-state index contributed by atoms with van der Waals surface area (Å²) in [4.78, 5) is 2.56. The van der Waals surface area contributed by atoms with E-state index in [1.54, 1.807) is 12.1 Å². The van der Waals surface area contributed by atoms with Crippen LogP contribution >= 0.6 is 0 Å². The maximum absolute atomic E-state index is 9.71. The lowest BCUT2D eigenvalue weighted by molar-refractivity contribution is 0.317. The Hall–Kier alpha value is -1.26. The minimum Gasteiger partial charge on any atom is -0.508 e. The van der Waals surface area contributed by atoms with Crippen molar-refractivity contribution in [1.82, 2.24) is 10.2 Å². The summed E-state index contributed by atoms with van der Waals surface area (Å²) in [6.45, 7) is 2.99. The first kappa shape index (κ1) is 11.8. The highest BCUT2D eigenvalue weighted by atomic mass is 16.3. The van der Waals surface area contributed by atoms with E-state index in [9.17, 15) is 10.2 Å². The molecule has 4 heteroatoms. The minimum absolute atomic E-state index is 0.108. The summed E-state index contributed by atoms with van der Waals surface area (Å²) in [5, 5.41) is 22.4. The fourth-order valence-corrected chi connectivity index (χ4v) is 2.68. The fraction of sp³-hybridized carbons (Fsp3) is 0.571. The van der Waals surface area contributed by atoms with Gasteiger partial charge < -0.3 is 15.5 Å². The molecule has 1 saturated heterocycles. The Labute approximate surface area is 107 Å². The van der Waals surface area contributed by atoms with Crippen LogP contribution in [0.1, 0.15) is 24.8 Å². The van der Waals surface area contributed by atoms with Crippen molar-refractivity contribution in [3.8, 4) is 11.5 Å². The van der Waals surface area contributed by atoms with Gasteiger partial charge >= 0.3 is 0 Å². The molecule has 1 aromatic carbocycles. The number of aromatic hydroxyl groups is 2. The molecule has 1 saturated carbocycles. The maximum Gasteiger partial charge on any atom is 0.123 e. The summed E-state index contributed by atoms with van der Waals surface area (Å²) in [7, 11) is 0. The molecule has 0 aromatic heterocycles. The van der Waals surface area contributed by atoms with Crippen molar-refractivity contribution in [3.05, 3.63) is 23.8 Å². The van der Waals surface area contributed by atoms with E-state index in [1.807, 2.05) is 0 Å². The van der Waals surface area contributed by atoms with Crippen LogP contribution in [0, 0.1) is 0 Å². The Kier molecular flexibility index (Phi) is 3.14. The molecule has 0 amide bonds. The first-order valence-corrected chi connectivity index (χ1v) is 6.70. The second-order valence-corrected chi connectivity index (χ2v) is 5.41. The van der Waals surface area contributed by atoms with Crippen LogP contribution in [0.15, 0.2) is 18.2 Å². The molecule has 1 aromatic rings. The molecule has 1 heterocycles. The van der Waals surface area contributed by atoms with Gasteiger partial charge in [-0.3, -0.25) is 4.90 Å². The molecule has 18 heavy (non-hydrogen) atoms. The molecule has 1 aliphatic heterocycles. The lowest BCUT2D eigenvalue weighted by Gasteiger charge is -2.16.